The predicted octanol–water partition coefficient (Wildman–Crippen LogP) is 5.00. The minimum atomic E-state index is -3.60. The maximum absolute atomic E-state index is 15.0. The molecule has 5 rings (SSSR count). The number of hydrogen-bond donors (Lipinski definition) is 4. The van der Waals surface area contributed by atoms with Crippen molar-refractivity contribution < 1.29 is 41.9 Å². The van der Waals surface area contributed by atoms with Gasteiger partial charge in [0.1, 0.15) is 17.3 Å². The lowest BCUT2D eigenvalue weighted by Gasteiger charge is -2.43. The van der Waals surface area contributed by atoms with E-state index in [2.05, 4.69) is 21.3 Å². The molecule has 0 spiro atoms. The van der Waals surface area contributed by atoms with E-state index < -0.39 is 78.7 Å². The lowest BCUT2D eigenvalue weighted by Crippen LogP contribution is -2.63. The van der Waals surface area contributed by atoms with E-state index >= 15 is 0 Å². The Kier molecular flexibility index (Phi) is 13.3. The number of fused-ring (bicyclic) bond motifs is 1. The maximum Gasteiger partial charge on any atom is 0.315 e. The zero-order valence-corrected chi connectivity index (χ0v) is 37.2. The molecule has 0 bridgehead atoms. The van der Waals surface area contributed by atoms with Crippen molar-refractivity contribution in [2.45, 2.75) is 180 Å². The zero-order chi connectivity index (χ0) is 43.1. The molecule has 4 fully saturated rings. The first-order valence-corrected chi connectivity index (χ1v) is 23.2. The van der Waals surface area contributed by atoms with Crippen molar-refractivity contribution in [3.63, 3.8) is 0 Å². The zero-order valence-electron chi connectivity index (χ0n) is 36.4. The monoisotopic (exact) mass is 831 g/mol. The fraction of sp³-hybridized carbons (Fsp3) is 0.814. The van der Waals surface area contributed by atoms with Gasteiger partial charge in [-0.1, -0.05) is 72.1 Å². The SMILES string of the molecule is CC(C)(C)OC(=O)CCNC(=O)C(=O)C(CC1CC1)NC(=O)C1=C2C(CN1C(=O)[C@@H](NC(=O)NC1(CS(=O)(=O)C(C)(C)C)CCCCC1)C1(C)CCCCC1)C2(C)C. The Labute approximate surface area is 345 Å². The van der Waals surface area contributed by atoms with Gasteiger partial charge in [-0.25, -0.2) is 13.2 Å². The van der Waals surface area contributed by atoms with Gasteiger partial charge in [-0.2, -0.15) is 0 Å². The van der Waals surface area contributed by atoms with Crippen LogP contribution >= 0.6 is 0 Å². The molecule has 1 heterocycles. The summed E-state index contributed by atoms with van der Waals surface area (Å²) in [5, 5.41) is 11.4. The van der Waals surface area contributed by atoms with Gasteiger partial charge in [-0.05, 0) is 96.0 Å². The smallest absolute Gasteiger partial charge is 0.315 e. The van der Waals surface area contributed by atoms with Crippen LogP contribution in [0.1, 0.15) is 152 Å². The lowest BCUT2D eigenvalue weighted by atomic mass is 9.70. The van der Waals surface area contributed by atoms with Crippen molar-refractivity contribution in [1.29, 1.82) is 0 Å². The van der Waals surface area contributed by atoms with Crippen molar-refractivity contribution in [3.8, 4) is 0 Å². The van der Waals surface area contributed by atoms with Gasteiger partial charge in [0, 0.05) is 19.0 Å². The van der Waals surface area contributed by atoms with E-state index in [9.17, 15) is 37.2 Å². The highest BCUT2D eigenvalue weighted by atomic mass is 32.2. The third kappa shape index (κ3) is 10.6. The van der Waals surface area contributed by atoms with Crippen LogP contribution in [0, 0.1) is 22.7 Å². The molecule has 15 heteroatoms. The number of hydrogen-bond acceptors (Lipinski definition) is 9. The highest BCUT2D eigenvalue weighted by Gasteiger charge is 2.62. The van der Waals surface area contributed by atoms with E-state index in [1.807, 2.05) is 20.8 Å². The first kappa shape index (κ1) is 45.6. The second-order valence-electron chi connectivity index (χ2n) is 20.6. The first-order chi connectivity index (χ1) is 26.8. The van der Waals surface area contributed by atoms with Crippen molar-refractivity contribution >= 4 is 45.3 Å². The summed E-state index contributed by atoms with van der Waals surface area (Å²) < 4.78 is 31.3. The molecule has 58 heavy (non-hydrogen) atoms. The van der Waals surface area contributed by atoms with Crippen LogP contribution < -0.4 is 21.3 Å². The summed E-state index contributed by atoms with van der Waals surface area (Å²) >= 11 is 0. The topological polar surface area (TPSA) is 197 Å². The Morgan fingerprint density at radius 3 is 1.98 bits per heavy atom. The number of carbonyl (C=O) groups excluding carboxylic acids is 6. The average molecular weight is 832 g/mol. The fourth-order valence-electron chi connectivity index (χ4n) is 9.21. The molecule has 0 aromatic carbocycles. The second-order valence-corrected chi connectivity index (χ2v) is 23.3. The number of nitrogens with zero attached hydrogens (tertiary/aromatic N) is 1. The molecule has 0 aromatic rings. The largest absolute Gasteiger partial charge is 0.460 e. The molecule has 0 aromatic heterocycles. The summed E-state index contributed by atoms with van der Waals surface area (Å²) in [6.07, 6.45) is 9.46. The van der Waals surface area contributed by atoms with E-state index in [-0.39, 0.29) is 54.6 Å². The minimum Gasteiger partial charge on any atom is -0.460 e. The van der Waals surface area contributed by atoms with Crippen LogP contribution in [0.2, 0.25) is 0 Å². The molecule has 0 saturated heterocycles. The Balaban J connectivity index is 1.36. The normalized spacial score (nSPS) is 23.5. The number of amides is 5. The number of Topliss-reactive ketones (excluding diaryl/α,β-unsaturated/α-hetero) is 1. The molecule has 4 saturated carbocycles. The van der Waals surface area contributed by atoms with Crippen molar-refractivity contribution in [3.05, 3.63) is 11.3 Å². The van der Waals surface area contributed by atoms with Crippen molar-refractivity contribution in [2.75, 3.05) is 18.8 Å². The summed E-state index contributed by atoms with van der Waals surface area (Å²) in [4.78, 5) is 83.8. The van der Waals surface area contributed by atoms with E-state index in [1.165, 1.54) is 4.90 Å². The summed E-state index contributed by atoms with van der Waals surface area (Å²) in [6, 6.07) is -2.76. The average Bonchev–Trinajstić information content (AvgIpc) is 3.96. The number of ketones is 1. The molecule has 5 aliphatic rings. The number of esters is 1. The van der Waals surface area contributed by atoms with Crippen LogP contribution in [0.3, 0.4) is 0 Å². The molecule has 4 N–H and O–H groups in total. The third-order valence-electron chi connectivity index (χ3n) is 13.2. The van der Waals surface area contributed by atoms with E-state index in [0.717, 1.165) is 56.9 Å². The van der Waals surface area contributed by atoms with Crippen LogP contribution in [0.15, 0.2) is 11.3 Å². The number of ether oxygens (including phenoxy) is 1. The molecule has 2 unspecified atom stereocenters. The lowest BCUT2D eigenvalue weighted by molar-refractivity contribution is -0.154. The second kappa shape index (κ2) is 16.9. The van der Waals surface area contributed by atoms with Crippen molar-refractivity contribution in [1.82, 2.24) is 26.2 Å². The van der Waals surface area contributed by atoms with Gasteiger partial charge < -0.3 is 30.9 Å². The van der Waals surface area contributed by atoms with Crippen molar-refractivity contribution in [2.24, 2.45) is 22.7 Å². The molecule has 1 aliphatic heterocycles. The molecule has 14 nitrogen and oxygen atoms in total. The maximum atomic E-state index is 15.0. The molecule has 4 aliphatic carbocycles. The summed E-state index contributed by atoms with van der Waals surface area (Å²) in [5.74, 6) is -3.43. The fourth-order valence-corrected chi connectivity index (χ4v) is 10.7. The molecule has 3 atom stereocenters. The number of nitrogens with one attached hydrogen (secondary N) is 4. The molecule has 0 radical (unpaired) electrons. The van der Waals surface area contributed by atoms with Crippen LogP contribution in [0.25, 0.3) is 0 Å². The van der Waals surface area contributed by atoms with Gasteiger partial charge >= 0.3 is 12.0 Å². The van der Waals surface area contributed by atoms with Crippen LogP contribution in [0.4, 0.5) is 4.79 Å². The van der Waals surface area contributed by atoms with Crippen LogP contribution in [-0.2, 0) is 38.5 Å². The third-order valence-corrected chi connectivity index (χ3v) is 16.0. The van der Waals surface area contributed by atoms with Gasteiger partial charge in [0.05, 0.1) is 28.5 Å². The standard InChI is InChI=1S/C43H69N5O9S/c1-39(2,3)57-30(49)18-23-44-36(52)33(50)29(24-27-16-17-27)45-35(51)32-31-28(41(31,7)8)25-48(32)37(53)34(42(9)19-12-10-13-20-42)46-38(54)47-43(21-14-11-15-22-43)26-58(55,56)40(4,5)6/h27-29,34H,10-26H2,1-9H3,(H,44,52)(H,45,51)(H2,46,47,54)/t28?,29?,34-/m1/s1. The Hall–Kier alpha value is -3.49. The van der Waals surface area contributed by atoms with Crippen LogP contribution in [-0.4, -0.2) is 95.6 Å². The molecule has 5 amide bonds. The van der Waals surface area contributed by atoms with Gasteiger partial charge in [0.15, 0.2) is 9.84 Å². The molecular weight excluding hydrogens is 763 g/mol. The van der Waals surface area contributed by atoms with E-state index in [4.69, 9.17) is 4.74 Å². The number of sulfone groups is 1. The van der Waals surface area contributed by atoms with E-state index in [0.29, 0.717) is 25.7 Å². The highest BCUT2D eigenvalue weighted by Crippen LogP contribution is 2.63. The Morgan fingerprint density at radius 2 is 1.43 bits per heavy atom. The first-order valence-electron chi connectivity index (χ1n) is 21.5. The highest BCUT2D eigenvalue weighted by molar-refractivity contribution is 7.92. The van der Waals surface area contributed by atoms with Gasteiger partial charge in [0.25, 0.3) is 11.8 Å². The van der Waals surface area contributed by atoms with Gasteiger partial charge in [0.2, 0.25) is 11.7 Å². The quantitative estimate of drug-likeness (QED) is 0.130. The summed E-state index contributed by atoms with van der Waals surface area (Å²) in [7, 11) is -3.60. The number of urea groups is 1. The molecule has 326 valence electrons. The number of carbonyl (C=O) groups is 6. The predicted molar refractivity (Wildman–Crippen MR) is 220 cm³/mol. The van der Waals surface area contributed by atoms with E-state index in [1.54, 1.807) is 41.5 Å². The summed E-state index contributed by atoms with van der Waals surface area (Å²) in [6.45, 7) is 16.3. The summed E-state index contributed by atoms with van der Waals surface area (Å²) in [5.41, 5.74) is -1.72. The number of rotatable bonds is 15. The molecular formula is C43H69N5O9S. The van der Waals surface area contributed by atoms with Gasteiger partial charge in [-0.3, -0.25) is 24.0 Å². The minimum absolute atomic E-state index is 0.0901. The van der Waals surface area contributed by atoms with Crippen LogP contribution in [0.5, 0.6) is 0 Å². The van der Waals surface area contributed by atoms with Gasteiger partial charge in [-0.15, -0.1) is 0 Å². The Bertz CT molecular complexity index is 1770. The Morgan fingerprint density at radius 1 is 0.845 bits per heavy atom.